The molecule has 0 spiro atoms. The van der Waals surface area contributed by atoms with Crippen LogP contribution in [0, 0.1) is 5.92 Å². The number of benzene rings is 2. The summed E-state index contributed by atoms with van der Waals surface area (Å²) < 4.78 is 11.4. The number of carbonyl (C=O) groups excluding carboxylic acids is 1. The van der Waals surface area contributed by atoms with Crippen LogP contribution in [0.3, 0.4) is 0 Å². The number of anilines is 1. The molecule has 1 N–H and O–H groups in total. The maximum atomic E-state index is 12.3. The number of nitrogens with one attached hydrogen (secondary N) is 1. The Hall–Kier alpha value is -2.75. The molecule has 0 bridgehead atoms. The lowest BCUT2D eigenvalue weighted by atomic mass is 10.1. The average molecular weight is 396 g/mol. The lowest BCUT2D eigenvalue weighted by molar-refractivity contribution is 0.104. The lowest BCUT2D eigenvalue weighted by Crippen LogP contribution is -2.07. The quantitative estimate of drug-likeness (QED) is 0.239. The average Bonchev–Trinajstić information content (AvgIpc) is 2.76. The zero-order valence-corrected chi connectivity index (χ0v) is 17.8. The van der Waals surface area contributed by atoms with E-state index in [9.17, 15) is 4.79 Å². The minimum Gasteiger partial charge on any atom is -0.494 e. The van der Waals surface area contributed by atoms with E-state index in [2.05, 4.69) is 26.1 Å². The molecule has 4 heteroatoms. The first-order valence-corrected chi connectivity index (χ1v) is 10.6. The summed E-state index contributed by atoms with van der Waals surface area (Å²) in [4.78, 5) is 12.3. The number of ketones is 1. The van der Waals surface area contributed by atoms with Crippen molar-refractivity contribution in [2.24, 2.45) is 5.92 Å². The third kappa shape index (κ3) is 8.43. The normalized spacial score (nSPS) is 12.0. The first-order chi connectivity index (χ1) is 14.1. The third-order valence-electron chi connectivity index (χ3n) is 4.73. The number of allylic oxidation sites excluding steroid dienone is 1. The SMILES string of the molecule is CCCCCOc1ccc(N/C=C/C(=O)c2ccc(OC[C@@H](C)CC)cc2)cc1. The summed E-state index contributed by atoms with van der Waals surface area (Å²) in [5.74, 6) is 2.12. The Bertz CT molecular complexity index is 751. The summed E-state index contributed by atoms with van der Waals surface area (Å²) in [7, 11) is 0. The third-order valence-corrected chi connectivity index (χ3v) is 4.73. The Morgan fingerprint density at radius 1 is 0.966 bits per heavy atom. The van der Waals surface area contributed by atoms with Crippen molar-refractivity contribution in [2.75, 3.05) is 18.5 Å². The van der Waals surface area contributed by atoms with Gasteiger partial charge in [-0.15, -0.1) is 0 Å². The number of hydrogen-bond acceptors (Lipinski definition) is 4. The van der Waals surface area contributed by atoms with Gasteiger partial charge in [0.1, 0.15) is 11.5 Å². The van der Waals surface area contributed by atoms with E-state index >= 15 is 0 Å². The van der Waals surface area contributed by atoms with E-state index in [1.807, 2.05) is 36.4 Å². The van der Waals surface area contributed by atoms with E-state index < -0.39 is 0 Å². The van der Waals surface area contributed by atoms with Crippen molar-refractivity contribution in [3.8, 4) is 11.5 Å². The van der Waals surface area contributed by atoms with Crippen LogP contribution in [-0.4, -0.2) is 19.0 Å². The fourth-order valence-corrected chi connectivity index (χ4v) is 2.57. The van der Waals surface area contributed by atoms with Crippen molar-refractivity contribution in [2.45, 2.75) is 46.5 Å². The highest BCUT2D eigenvalue weighted by atomic mass is 16.5. The number of hydrogen-bond donors (Lipinski definition) is 1. The number of unbranched alkanes of at least 4 members (excludes halogenated alkanes) is 2. The second-order valence-electron chi connectivity index (χ2n) is 7.27. The summed E-state index contributed by atoms with van der Waals surface area (Å²) in [6.07, 6.45) is 7.73. The molecule has 29 heavy (non-hydrogen) atoms. The van der Waals surface area contributed by atoms with Gasteiger partial charge in [0, 0.05) is 23.5 Å². The molecule has 2 aromatic carbocycles. The molecular formula is C25H33NO3. The van der Waals surface area contributed by atoms with Gasteiger partial charge in [0.2, 0.25) is 0 Å². The molecule has 0 heterocycles. The van der Waals surface area contributed by atoms with Crippen molar-refractivity contribution >= 4 is 11.5 Å². The first-order valence-electron chi connectivity index (χ1n) is 10.6. The molecular weight excluding hydrogens is 362 g/mol. The van der Waals surface area contributed by atoms with Crippen molar-refractivity contribution in [3.63, 3.8) is 0 Å². The van der Waals surface area contributed by atoms with Crippen LogP contribution in [0.4, 0.5) is 5.69 Å². The van der Waals surface area contributed by atoms with Crippen molar-refractivity contribution in [1.29, 1.82) is 0 Å². The van der Waals surface area contributed by atoms with Crippen LogP contribution in [0.2, 0.25) is 0 Å². The summed E-state index contributed by atoms with van der Waals surface area (Å²) >= 11 is 0. The lowest BCUT2D eigenvalue weighted by Gasteiger charge is -2.10. The Labute approximate surface area is 174 Å². The molecule has 4 nitrogen and oxygen atoms in total. The van der Waals surface area contributed by atoms with Crippen molar-refractivity contribution < 1.29 is 14.3 Å². The van der Waals surface area contributed by atoms with E-state index in [1.165, 1.54) is 18.9 Å². The van der Waals surface area contributed by atoms with Crippen LogP contribution >= 0.6 is 0 Å². The highest BCUT2D eigenvalue weighted by molar-refractivity contribution is 6.04. The molecule has 0 amide bonds. The molecule has 156 valence electrons. The fraction of sp³-hybridized carbons (Fsp3) is 0.400. The van der Waals surface area contributed by atoms with E-state index in [1.54, 1.807) is 18.3 Å². The monoisotopic (exact) mass is 395 g/mol. The zero-order valence-electron chi connectivity index (χ0n) is 17.8. The molecule has 0 aliphatic rings. The Balaban J connectivity index is 1.78. The predicted molar refractivity (Wildman–Crippen MR) is 120 cm³/mol. The van der Waals surface area contributed by atoms with Gasteiger partial charge >= 0.3 is 0 Å². The molecule has 2 rings (SSSR count). The summed E-state index contributed by atoms with van der Waals surface area (Å²) in [5, 5.41) is 3.12. The largest absolute Gasteiger partial charge is 0.494 e. The van der Waals surface area contributed by atoms with Crippen LogP contribution < -0.4 is 14.8 Å². The van der Waals surface area contributed by atoms with E-state index in [4.69, 9.17) is 9.47 Å². The van der Waals surface area contributed by atoms with Gasteiger partial charge in [-0.2, -0.15) is 0 Å². The topological polar surface area (TPSA) is 47.6 Å². The standard InChI is InChI=1S/C25H33NO3/c1-4-6-7-18-28-23-14-10-22(11-15-23)26-17-16-25(27)21-8-12-24(13-9-21)29-19-20(3)5-2/h8-17,20,26H,4-7,18-19H2,1-3H3/b17-16+/t20-/m0/s1. The Kier molecular flexibility index (Phi) is 9.84. The second-order valence-corrected chi connectivity index (χ2v) is 7.27. The van der Waals surface area contributed by atoms with Gasteiger partial charge in [-0.3, -0.25) is 4.79 Å². The second kappa shape index (κ2) is 12.7. The summed E-state index contributed by atoms with van der Waals surface area (Å²) in [5.41, 5.74) is 1.54. The predicted octanol–water partition coefficient (Wildman–Crippen LogP) is 6.49. The van der Waals surface area contributed by atoms with Crippen LogP contribution in [-0.2, 0) is 0 Å². The van der Waals surface area contributed by atoms with E-state index in [-0.39, 0.29) is 5.78 Å². The highest BCUT2D eigenvalue weighted by Gasteiger charge is 2.04. The van der Waals surface area contributed by atoms with Crippen molar-refractivity contribution in [1.82, 2.24) is 0 Å². The van der Waals surface area contributed by atoms with Gasteiger partial charge in [0.25, 0.3) is 0 Å². The first kappa shape index (κ1) is 22.5. The van der Waals surface area contributed by atoms with Crippen LogP contribution in [0.1, 0.15) is 56.8 Å². The van der Waals surface area contributed by atoms with E-state index in [0.717, 1.165) is 36.6 Å². The summed E-state index contributed by atoms with van der Waals surface area (Å²) in [6.45, 7) is 7.92. The Morgan fingerprint density at radius 2 is 1.62 bits per heavy atom. The molecule has 1 atom stereocenters. The van der Waals surface area contributed by atoms with Crippen LogP contribution in [0.5, 0.6) is 11.5 Å². The van der Waals surface area contributed by atoms with Crippen LogP contribution in [0.25, 0.3) is 0 Å². The van der Waals surface area contributed by atoms with Gasteiger partial charge in [-0.25, -0.2) is 0 Å². The number of ether oxygens (including phenoxy) is 2. The smallest absolute Gasteiger partial charge is 0.187 e. The van der Waals surface area contributed by atoms with Gasteiger partial charge in [0.05, 0.1) is 13.2 Å². The molecule has 0 unspecified atom stereocenters. The minimum atomic E-state index is -0.0538. The summed E-state index contributed by atoms with van der Waals surface area (Å²) in [6, 6.07) is 15.0. The van der Waals surface area contributed by atoms with Crippen molar-refractivity contribution in [3.05, 3.63) is 66.4 Å². The number of carbonyl (C=O) groups is 1. The highest BCUT2D eigenvalue weighted by Crippen LogP contribution is 2.17. The Morgan fingerprint density at radius 3 is 2.28 bits per heavy atom. The van der Waals surface area contributed by atoms with E-state index in [0.29, 0.717) is 18.1 Å². The molecule has 0 aromatic heterocycles. The zero-order chi connectivity index (χ0) is 20.9. The minimum absolute atomic E-state index is 0.0538. The molecule has 0 aliphatic heterocycles. The van der Waals surface area contributed by atoms with Gasteiger partial charge < -0.3 is 14.8 Å². The molecule has 0 aliphatic carbocycles. The molecule has 2 aromatic rings. The van der Waals surface area contributed by atoms with Gasteiger partial charge in [0.15, 0.2) is 5.78 Å². The van der Waals surface area contributed by atoms with Gasteiger partial charge in [-0.1, -0.05) is 40.0 Å². The molecule has 0 saturated heterocycles. The molecule has 0 fully saturated rings. The fourth-order valence-electron chi connectivity index (χ4n) is 2.57. The molecule has 0 radical (unpaired) electrons. The maximum absolute atomic E-state index is 12.3. The molecule has 0 saturated carbocycles. The maximum Gasteiger partial charge on any atom is 0.187 e. The van der Waals surface area contributed by atoms with Gasteiger partial charge in [-0.05, 0) is 60.9 Å². The van der Waals surface area contributed by atoms with Crippen LogP contribution in [0.15, 0.2) is 60.8 Å². The number of rotatable bonds is 13.